The van der Waals surface area contributed by atoms with Gasteiger partial charge in [0, 0.05) is 34.8 Å². The normalized spacial score (nSPS) is 11.7. The van der Waals surface area contributed by atoms with Crippen LogP contribution >= 0.6 is 11.6 Å². The van der Waals surface area contributed by atoms with E-state index in [1.807, 2.05) is 13.8 Å². The Bertz CT molecular complexity index is 1870. The first-order valence-corrected chi connectivity index (χ1v) is 14.5. The van der Waals surface area contributed by atoms with E-state index in [4.69, 9.17) is 22.1 Å². The standard InChI is InChI=1S/C26H21ClF4N6O4.C5H10O2/c1-3-19(25(40)33-14-5-6-15(24(32)39)18(28)9-14)36-11-21(41-2)17(10-23(36)38)16-8-13(27)4-7-20(16)37-12-22(34-35-37)26(29,30)31;1-4(2)7-5(3)6/h4-12,19H,3H2,1-2H3,(H2,32,39)(H,33,40);4H,1-3H3. The molecule has 1 atom stereocenters. The van der Waals surface area contributed by atoms with Crippen LogP contribution in [0.25, 0.3) is 16.8 Å². The van der Waals surface area contributed by atoms with Crippen LogP contribution in [0.2, 0.25) is 5.02 Å². The van der Waals surface area contributed by atoms with Crippen LogP contribution in [0.3, 0.4) is 0 Å². The number of amides is 2. The highest BCUT2D eigenvalue weighted by molar-refractivity contribution is 6.31. The number of benzene rings is 2. The summed E-state index contributed by atoms with van der Waals surface area (Å²) in [5.41, 5.74) is 3.40. The quantitative estimate of drug-likeness (QED) is 0.170. The molecule has 2 aromatic carbocycles. The van der Waals surface area contributed by atoms with Crippen molar-refractivity contribution >= 4 is 35.1 Å². The third-order valence-corrected chi connectivity index (χ3v) is 6.71. The Morgan fingerprint density at radius 1 is 1.06 bits per heavy atom. The van der Waals surface area contributed by atoms with Gasteiger partial charge < -0.3 is 20.5 Å². The molecule has 0 aliphatic heterocycles. The number of anilines is 1. The van der Waals surface area contributed by atoms with Gasteiger partial charge in [0.1, 0.15) is 17.6 Å². The van der Waals surface area contributed by atoms with E-state index in [2.05, 4.69) is 20.4 Å². The molecule has 0 aliphatic rings. The van der Waals surface area contributed by atoms with Gasteiger partial charge in [-0.2, -0.15) is 13.2 Å². The Morgan fingerprint density at radius 3 is 2.25 bits per heavy atom. The van der Waals surface area contributed by atoms with Gasteiger partial charge in [-0.05, 0) is 56.7 Å². The predicted octanol–water partition coefficient (Wildman–Crippen LogP) is 5.56. The van der Waals surface area contributed by atoms with Gasteiger partial charge in [-0.1, -0.05) is 23.7 Å². The number of pyridine rings is 1. The smallest absolute Gasteiger partial charge is 0.436 e. The molecule has 0 spiro atoms. The number of primary amides is 1. The summed E-state index contributed by atoms with van der Waals surface area (Å²) in [6.45, 7) is 6.69. The van der Waals surface area contributed by atoms with Gasteiger partial charge >= 0.3 is 12.1 Å². The molecule has 4 aromatic rings. The maximum atomic E-state index is 14.2. The van der Waals surface area contributed by atoms with Gasteiger partial charge in [0.25, 0.3) is 11.5 Å². The highest BCUT2D eigenvalue weighted by Crippen LogP contribution is 2.36. The van der Waals surface area contributed by atoms with Crippen molar-refractivity contribution < 1.29 is 41.4 Å². The SMILES string of the molecule is CC(=O)OC(C)C.CCC(C(=O)Nc1ccc(C(N)=O)c(F)c1)n1cc(OC)c(-c2cc(Cl)ccc2-n2cc(C(F)(F)F)nn2)cc1=O. The number of esters is 1. The summed E-state index contributed by atoms with van der Waals surface area (Å²) in [6, 6.07) is 7.65. The number of nitrogens with one attached hydrogen (secondary N) is 1. The highest BCUT2D eigenvalue weighted by Gasteiger charge is 2.35. The summed E-state index contributed by atoms with van der Waals surface area (Å²) in [6.07, 6.45) is -2.60. The molecule has 1 unspecified atom stereocenters. The van der Waals surface area contributed by atoms with Crippen molar-refractivity contribution in [1.29, 1.82) is 0 Å². The van der Waals surface area contributed by atoms with E-state index in [9.17, 15) is 36.7 Å². The van der Waals surface area contributed by atoms with Crippen LogP contribution in [0.15, 0.2) is 59.7 Å². The zero-order valence-corrected chi connectivity index (χ0v) is 27.0. The number of rotatable bonds is 9. The third-order valence-electron chi connectivity index (χ3n) is 6.47. The van der Waals surface area contributed by atoms with Gasteiger partial charge in [0.2, 0.25) is 5.91 Å². The summed E-state index contributed by atoms with van der Waals surface area (Å²) in [5.74, 6) is -2.69. The first-order chi connectivity index (χ1) is 22.5. The molecule has 12 nitrogen and oxygen atoms in total. The number of hydrogen-bond donors (Lipinski definition) is 2. The fourth-order valence-corrected chi connectivity index (χ4v) is 4.61. The fourth-order valence-electron chi connectivity index (χ4n) is 4.44. The van der Waals surface area contributed by atoms with Crippen LogP contribution in [0, 0.1) is 5.82 Å². The van der Waals surface area contributed by atoms with Gasteiger partial charge in [0.05, 0.1) is 36.9 Å². The van der Waals surface area contributed by atoms with Crippen molar-refractivity contribution in [2.75, 3.05) is 12.4 Å². The summed E-state index contributed by atoms with van der Waals surface area (Å²) in [5, 5.41) is 9.45. The zero-order valence-electron chi connectivity index (χ0n) is 26.3. The molecule has 2 heterocycles. The van der Waals surface area contributed by atoms with E-state index in [0.29, 0.717) is 6.20 Å². The fraction of sp³-hybridized carbons (Fsp3) is 0.290. The number of ether oxygens (including phenoxy) is 2. The van der Waals surface area contributed by atoms with Gasteiger partial charge in [-0.3, -0.25) is 23.7 Å². The molecule has 0 saturated heterocycles. The number of aromatic nitrogens is 4. The van der Waals surface area contributed by atoms with Gasteiger partial charge in [-0.25, -0.2) is 9.07 Å². The molecular weight excluding hydrogens is 664 g/mol. The Morgan fingerprint density at radius 2 is 1.75 bits per heavy atom. The molecule has 3 N–H and O–H groups in total. The van der Waals surface area contributed by atoms with Crippen molar-refractivity contribution in [3.63, 3.8) is 0 Å². The van der Waals surface area contributed by atoms with Gasteiger partial charge in [-0.15, -0.1) is 5.10 Å². The third kappa shape index (κ3) is 9.18. The molecule has 256 valence electrons. The van der Waals surface area contributed by atoms with Crippen LogP contribution in [0.4, 0.5) is 23.2 Å². The second-order valence-corrected chi connectivity index (χ2v) is 10.8. The van der Waals surface area contributed by atoms with E-state index in [-0.39, 0.29) is 57.3 Å². The number of nitrogens with zero attached hydrogens (tertiary/aromatic N) is 4. The maximum absolute atomic E-state index is 14.2. The van der Waals surface area contributed by atoms with Crippen molar-refractivity contribution in [3.8, 4) is 22.6 Å². The van der Waals surface area contributed by atoms with E-state index < -0.39 is 41.1 Å². The number of carbonyl (C=O) groups excluding carboxylic acids is 3. The minimum Gasteiger partial charge on any atom is -0.495 e. The molecule has 17 heteroatoms. The zero-order chi connectivity index (χ0) is 35.9. The lowest BCUT2D eigenvalue weighted by atomic mass is 10.0. The molecule has 0 aliphatic carbocycles. The molecule has 2 amide bonds. The van der Waals surface area contributed by atoms with E-state index in [1.165, 1.54) is 44.5 Å². The first-order valence-electron chi connectivity index (χ1n) is 14.1. The molecule has 0 radical (unpaired) electrons. The van der Waals surface area contributed by atoms with Crippen LogP contribution in [0.5, 0.6) is 5.75 Å². The first kappa shape index (κ1) is 37.2. The van der Waals surface area contributed by atoms with Crippen molar-refractivity contribution in [2.45, 2.75) is 52.4 Å². The Labute approximate surface area is 276 Å². The molecule has 2 aromatic heterocycles. The van der Waals surface area contributed by atoms with E-state index in [1.54, 1.807) is 6.92 Å². The van der Waals surface area contributed by atoms with Crippen LogP contribution in [0.1, 0.15) is 56.2 Å². The molecule has 0 saturated carbocycles. The number of alkyl halides is 3. The van der Waals surface area contributed by atoms with Crippen LogP contribution in [-0.2, 0) is 20.5 Å². The van der Waals surface area contributed by atoms with E-state index in [0.717, 1.165) is 27.4 Å². The summed E-state index contributed by atoms with van der Waals surface area (Å²) in [7, 11) is 1.30. The minimum absolute atomic E-state index is 0.0255. The number of hydrogen-bond acceptors (Lipinski definition) is 8. The minimum atomic E-state index is -4.73. The van der Waals surface area contributed by atoms with Crippen LogP contribution in [-0.4, -0.2) is 50.6 Å². The maximum Gasteiger partial charge on any atom is 0.436 e. The molecule has 0 fully saturated rings. The van der Waals surface area contributed by atoms with E-state index >= 15 is 0 Å². The summed E-state index contributed by atoms with van der Waals surface area (Å²) >= 11 is 6.17. The lowest BCUT2D eigenvalue weighted by Gasteiger charge is -2.21. The monoisotopic (exact) mass is 694 g/mol. The Kier molecular flexibility index (Phi) is 12.1. The summed E-state index contributed by atoms with van der Waals surface area (Å²) < 4.78 is 65.6. The second kappa shape index (κ2) is 15.6. The van der Waals surface area contributed by atoms with Crippen molar-refractivity contribution in [2.24, 2.45) is 5.73 Å². The number of methoxy groups -OCH3 is 1. The number of nitrogens with two attached hydrogens (primary N) is 1. The predicted molar refractivity (Wildman–Crippen MR) is 167 cm³/mol. The molecule has 4 rings (SSSR count). The lowest BCUT2D eigenvalue weighted by molar-refractivity contribution is -0.144. The topological polar surface area (TPSA) is 160 Å². The molecule has 48 heavy (non-hydrogen) atoms. The lowest BCUT2D eigenvalue weighted by Crippen LogP contribution is -2.32. The van der Waals surface area contributed by atoms with Crippen LogP contribution < -0.4 is 21.3 Å². The average molecular weight is 695 g/mol. The van der Waals surface area contributed by atoms with Crippen molar-refractivity contribution in [3.05, 3.63) is 87.3 Å². The van der Waals surface area contributed by atoms with Crippen molar-refractivity contribution in [1.82, 2.24) is 19.6 Å². The average Bonchev–Trinajstić information content (AvgIpc) is 3.49. The highest BCUT2D eigenvalue weighted by atomic mass is 35.5. The Balaban J connectivity index is 0.000000804. The molecular formula is C31H31ClF4N6O6. The number of carbonyl (C=O) groups is 3. The van der Waals surface area contributed by atoms with Gasteiger partial charge in [0.15, 0.2) is 5.69 Å². The molecule has 0 bridgehead atoms. The summed E-state index contributed by atoms with van der Waals surface area (Å²) in [4.78, 5) is 47.7. The Hall–Kier alpha value is -5.25. The number of halogens is 5. The largest absolute Gasteiger partial charge is 0.495 e. The second-order valence-electron chi connectivity index (χ2n) is 10.3.